The van der Waals surface area contributed by atoms with E-state index in [0.717, 1.165) is 24.2 Å². The van der Waals surface area contributed by atoms with Crippen LogP contribution in [-0.2, 0) is 0 Å². The van der Waals surface area contributed by atoms with Crippen LogP contribution >= 0.6 is 0 Å². The lowest BCUT2D eigenvalue weighted by atomic mass is 9.42. The molecule has 1 nitrogen and oxygen atoms in total. The molecular formula is C24H42O. The minimum absolute atomic E-state index is 0.351. The van der Waals surface area contributed by atoms with Crippen molar-refractivity contribution in [2.24, 2.45) is 40.4 Å². The van der Waals surface area contributed by atoms with Gasteiger partial charge in [-0.25, -0.2) is 0 Å². The van der Waals surface area contributed by atoms with Crippen LogP contribution in [0, 0.1) is 40.4 Å². The molecule has 144 valence electrons. The van der Waals surface area contributed by atoms with Crippen molar-refractivity contribution in [1.29, 1.82) is 0 Å². The van der Waals surface area contributed by atoms with E-state index in [-0.39, 0.29) is 5.60 Å². The molecule has 4 saturated carbocycles. The normalized spacial score (nSPS) is 53.6. The summed E-state index contributed by atoms with van der Waals surface area (Å²) in [6.07, 6.45) is 16.1. The van der Waals surface area contributed by atoms with Gasteiger partial charge < -0.3 is 5.11 Å². The summed E-state index contributed by atoms with van der Waals surface area (Å²) in [4.78, 5) is 0. The Morgan fingerprint density at radius 2 is 1.64 bits per heavy atom. The van der Waals surface area contributed by atoms with Crippen molar-refractivity contribution in [2.75, 3.05) is 0 Å². The van der Waals surface area contributed by atoms with E-state index in [1.807, 2.05) is 0 Å². The van der Waals surface area contributed by atoms with Crippen molar-refractivity contribution in [3.05, 3.63) is 0 Å². The second kappa shape index (κ2) is 6.25. The summed E-state index contributed by atoms with van der Waals surface area (Å²) in [6, 6.07) is 0. The summed E-state index contributed by atoms with van der Waals surface area (Å²) in [6.45, 7) is 9.98. The fourth-order valence-corrected chi connectivity index (χ4v) is 9.00. The first-order chi connectivity index (χ1) is 11.9. The van der Waals surface area contributed by atoms with Crippen molar-refractivity contribution in [3.63, 3.8) is 0 Å². The molecule has 0 aromatic heterocycles. The van der Waals surface area contributed by atoms with E-state index in [9.17, 15) is 5.11 Å². The lowest BCUT2D eigenvalue weighted by molar-refractivity contribution is -0.222. The van der Waals surface area contributed by atoms with Crippen LogP contribution in [-0.4, -0.2) is 10.7 Å². The van der Waals surface area contributed by atoms with Gasteiger partial charge in [-0.2, -0.15) is 0 Å². The second-order valence-electron chi connectivity index (χ2n) is 11.1. The molecule has 1 N–H and O–H groups in total. The standard InChI is InChI=1S/C24H42O/c1-5-8-17(2)19-10-11-20-23(19,4)15-13-21-22(3)14-7-6-9-18(22)12-16-24(20,21)25/h17-21,25H,5-16H2,1-4H3/t17-,18?,19-,20-,21-,22+,23-,24-/m1/s1. The fraction of sp³-hybridized carbons (Fsp3) is 1.00. The predicted octanol–water partition coefficient (Wildman–Crippen LogP) is 6.59. The van der Waals surface area contributed by atoms with Crippen LogP contribution in [0.4, 0.5) is 0 Å². The van der Waals surface area contributed by atoms with Gasteiger partial charge in [-0.3, -0.25) is 0 Å². The van der Waals surface area contributed by atoms with Crippen molar-refractivity contribution in [3.8, 4) is 0 Å². The zero-order valence-electron chi connectivity index (χ0n) is 17.3. The average molecular weight is 347 g/mol. The van der Waals surface area contributed by atoms with Crippen LogP contribution in [0.25, 0.3) is 0 Å². The van der Waals surface area contributed by atoms with Gasteiger partial charge in [0, 0.05) is 0 Å². The quantitative estimate of drug-likeness (QED) is 0.611. The molecule has 8 atom stereocenters. The highest BCUT2D eigenvalue weighted by Gasteiger charge is 2.66. The number of hydrogen-bond acceptors (Lipinski definition) is 1. The summed E-state index contributed by atoms with van der Waals surface area (Å²) in [5.74, 6) is 3.73. The topological polar surface area (TPSA) is 20.2 Å². The molecular weight excluding hydrogens is 304 g/mol. The fourth-order valence-electron chi connectivity index (χ4n) is 9.00. The molecule has 0 heterocycles. The Morgan fingerprint density at radius 3 is 2.40 bits per heavy atom. The van der Waals surface area contributed by atoms with E-state index in [1.54, 1.807) is 0 Å². The Bertz CT molecular complexity index is 500. The molecule has 4 rings (SSSR count). The Kier molecular flexibility index (Phi) is 4.58. The van der Waals surface area contributed by atoms with E-state index < -0.39 is 0 Å². The Labute approximate surface area is 156 Å². The monoisotopic (exact) mass is 346 g/mol. The largest absolute Gasteiger partial charge is 0.389 e. The minimum atomic E-state index is -0.351. The molecule has 0 saturated heterocycles. The van der Waals surface area contributed by atoms with Crippen LogP contribution in [0.2, 0.25) is 0 Å². The Balaban J connectivity index is 1.63. The van der Waals surface area contributed by atoms with Gasteiger partial charge in [-0.15, -0.1) is 0 Å². The van der Waals surface area contributed by atoms with E-state index in [2.05, 4.69) is 27.7 Å². The molecule has 0 aliphatic heterocycles. The van der Waals surface area contributed by atoms with Crippen molar-refractivity contribution >= 4 is 0 Å². The van der Waals surface area contributed by atoms with Crippen LogP contribution in [0.5, 0.6) is 0 Å². The lowest BCUT2D eigenvalue weighted by Crippen LogP contribution is -2.63. The molecule has 0 bridgehead atoms. The van der Waals surface area contributed by atoms with Gasteiger partial charge in [0.15, 0.2) is 0 Å². The van der Waals surface area contributed by atoms with Crippen molar-refractivity contribution in [2.45, 2.75) is 110 Å². The molecule has 4 fully saturated rings. The molecule has 1 heteroatoms. The average Bonchev–Trinajstić information content (AvgIpc) is 2.93. The van der Waals surface area contributed by atoms with Crippen LogP contribution in [0.1, 0.15) is 105 Å². The molecule has 0 amide bonds. The number of hydrogen-bond donors (Lipinski definition) is 1. The van der Waals surface area contributed by atoms with Crippen molar-refractivity contribution in [1.82, 2.24) is 0 Å². The first-order valence-corrected chi connectivity index (χ1v) is 11.6. The van der Waals surface area contributed by atoms with Gasteiger partial charge in [-0.1, -0.05) is 53.4 Å². The summed E-state index contributed by atoms with van der Waals surface area (Å²) >= 11 is 0. The number of fused-ring (bicyclic) bond motifs is 5. The maximum Gasteiger partial charge on any atom is 0.0714 e. The summed E-state index contributed by atoms with van der Waals surface area (Å²) in [5, 5.41) is 12.2. The first-order valence-electron chi connectivity index (χ1n) is 11.6. The molecule has 25 heavy (non-hydrogen) atoms. The zero-order chi connectivity index (χ0) is 17.9. The first kappa shape index (κ1) is 18.3. The predicted molar refractivity (Wildman–Crippen MR) is 105 cm³/mol. The minimum Gasteiger partial charge on any atom is -0.389 e. The summed E-state index contributed by atoms with van der Waals surface area (Å²) in [7, 11) is 0. The van der Waals surface area contributed by atoms with Gasteiger partial charge in [0.25, 0.3) is 0 Å². The van der Waals surface area contributed by atoms with Crippen LogP contribution < -0.4 is 0 Å². The van der Waals surface area contributed by atoms with Gasteiger partial charge in [0.2, 0.25) is 0 Å². The summed E-state index contributed by atoms with van der Waals surface area (Å²) in [5.41, 5.74) is 0.480. The summed E-state index contributed by atoms with van der Waals surface area (Å²) < 4.78 is 0. The second-order valence-corrected chi connectivity index (χ2v) is 11.1. The van der Waals surface area contributed by atoms with E-state index >= 15 is 0 Å². The third-order valence-electron chi connectivity index (χ3n) is 10.2. The SMILES string of the molecule is CCC[C@@H](C)[C@H]1CC[C@@H]2[C@]1(C)CC[C@H]1[C@@]2(O)CCC2CCCC[C@@]21C. The van der Waals surface area contributed by atoms with Gasteiger partial charge in [0.05, 0.1) is 5.60 Å². The molecule has 0 aromatic carbocycles. The molecule has 4 aliphatic rings. The van der Waals surface area contributed by atoms with Crippen molar-refractivity contribution < 1.29 is 5.11 Å². The maximum atomic E-state index is 12.2. The number of aliphatic hydroxyl groups is 1. The Hall–Kier alpha value is -0.0400. The molecule has 4 aliphatic carbocycles. The smallest absolute Gasteiger partial charge is 0.0714 e. The molecule has 0 aromatic rings. The maximum absolute atomic E-state index is 12.2. The lowest BCUT2D eigenvalue weighted by Gasteiger charge is -2.64. The highest BCUT2D eigenvalue weighted by Crippen LogP contribution is 2.69. The molecule has 0 radical (unpaired) electrons. The molecule has 1 unspecified atom stereocenters. The zero-order valence-corrected chi connectivity index (χ0v) is 17.3. The highest BCUT2D eigenvalue weighted by molar-refractivity contribution is 5.16. The van der Waals surface area contributed by atoms with Crippen LogP contribution in [0.15, 0.2) is 0 Å². The third-order valence-corrected chi connectivity index (χ3v) is 10.2. The van der Waals surface area contributed by atoms with E-state index in [4.69, 9.17) is 0 Å². The van der Waals surface area contributed by atoms with E-state index in [1.165, 1.54) is 70.6 Å². The van der Waals surface area contributed by atoms with Crippen LogP contribution in [0.3, 0.4) is 0 Å². The highest BCUT2D eigenvalue weighted by atomic mass is 16.3. The van der Waals surface area contributed by atoms with Gasteiger partial charge >= 0.3 is 0 Å². The Morgan fingerprint density at radius 1 is 0.880 bits per heavy atom. The van der Waals surface area contributed by atoms with E-state index in [0.29, 0.717) is 22.7 Å². The van der Waals surface area contributed by atoms with Gasteiger partial charge in [0.1, 0.15) is 0 Å². The number of rotatable bonds is 3. The third kappa shape index (κ3) is 2.50. The molecule has 0 spiro atoms. The van der Waals surface area contributed by atoms with Gasteiger partial charge in [-0.05, 0) is 91.8 Å².